The molecule has 26 heavy (non-hydrogen) atoms. The summed E-state index contributed by atoms with van der Waals surface area (Å²) in [5, 5.41) is 8.71. The van der Waals surface area contributed by atoms with Crippen molar-refractivity contribution in [1.82, 2.24) is 4.90 Å². The number of piperazine rings is 1. The monoisotopic (exact) mass is 364 g/mol. The van der Waals surface area contributed by atoms with E-state index in [-0.39, 0.29) is 37.4 Å². The molecule has 0 aliphatic carbocycles. The van der Waals surface area contributed by atoms with Gasteiger partial charge in [-0.15, -0.1) is 0 Å². The maximum absolute atomic E-state index is 10.6. The Kier molecular flexibility index (Phi) is 8.45. The maximum Gasteiger partial charge on any atom is 1.00 e. The van der Waals surface area contributed by atoms with E-state index < -0.39 is 5.97 Å². The molecule has 0 atom stereocenters. The van der Waals surface area contributed by atoms with Crippen molar-refractivity contribution in [2.45, 2.75) is 12.8 Å². The first-order valence-corrected chi connectivity index (χ1v) is 8.73. The number of hydrogen-bond donors (Lipinski definition) is 1. The van der Waals surface area contributed by atoms with E-state index in [1.165, 1.54) is 5.69 Å². The number of para-hydroxylation sites is 1. The van der Waals surface area contributed by atoms with E-state index in [4.69, 9.17) is 9.84 Å². The van der Waals surface area contributed by atoms with Crippen molar-refractivity contribution in [3.05, 3.63) is 54.6 Å². The molecule has 1 heterocycles. The van der Waals surface area contributed by atoms with Gasteiger partial charge in [0.1, 0.15) is 11.5 Å². The van der Waals surface area contributed by atoms with Crippen LogP contribution in [0.3, 0.4) is 0 Å². The van der Waals surface area contributed by atoms with E-state index in [0.29, 0.717) is 0 Å². The quantitative estimate of drug-likeness (QED) is 0.729. The second kappa shape index (κ2) is 10.6. The summed E-state index contributed by atoms with van der Waals surface area (Å²) in [4.78, 5) is 15.3. The number of anilines is 1. The largest absolute Gasteiger partial charge is 1.00 e. The normalized spacial score (nSPS) is 14.5. The van der Waals surface area contributed by atoms with Crippen LogP contribution in [-0.4, -0.2) is 48.7 Å². The number of nitrogens with zero attached hydrogens (tertiary/aromatic N) is 2. The molecule has 6 heteroatoms. The Balaban J connectivity index is 0.00000182. The van der Waals surface area contributed by atoms with E-state index in [9.17, 15) is 4.79 Å². The number of carboxylic acids is 1. The second-order valence-electron chi connectivity index (χ2n) is 6.23. The number of rotatable bonds is 7. The average Bonchev–Trinajstić information content (AvgIpc) is 2.64. The Morgan fingerprint density at radius 3 is 2.19 bits per heavy atom. The minimum absolute atomic E-state index is 0. The molecule has 1 saturated heterocycles. The van der Waals surface area contributed by atoms with Crippen LogP contribution < -0.4 is 39.2 Å². The molecule has 1 fully saturated rings. The molecule has 1 aliphatic heterocycles. The summed E-state index contributed by atoms with van der Waals surface area (Å²) in [5.41, 5.74) is 1.20. The Bertz CT molecular complexity index is 677. The van der Waals surface area contributed by atoms with Gasteiger partial charge in [-0.3, -0.25) is 9.69 Å². The van der Waals surface area contributed by atoms with Crippen LogP contribution in [0.2, 0.25) is 0 Å². The molecular formula is C20H25N2NaO3. The summed E-state index contributed by atoms with van der Waals surface area (Å²) in [7, 11) is 0. The van der Waals surface area contributed by atoms with Crippen LogP contribution in [0.1, 0.15) is 14.3 Å². The predicted octanol–water partition coefficient (Wildman–Crippen LogP) is 0.582. The van der Waals surface area contributed by atoms with Crippen LogP contribution in [0.4, 0.5) is 5.69 Å². The van der Waals surface area contributed by atoms with Crippen LogP contribution in [0.5, 0.6) is 11.5 Å². The second-order valence-corrected chi connectivity index (χ2v) is 6.23. The number of carbonyl (C=O) groups is 1. The van der Waals surface area contributed by atoms with Gasteiger partial charge in [-0.1, -0.05) is 18.2 Å². The van der Waals surface area contributed by atoms with Gasteiger partial charge in [0.15, 0.2) is 0 Å². The van der Waals surface area contributed by atoms with Gasteiger partial charge in [-0.25, -0.2) is 0 Å². The van der Waals surface area contributed by atoms with Gasteiger partial charge >= 0.3 is 35.5 Å². The molecule has 1 aliphatic rings. The first-order chi connectivity index (χ1) is 12.2. The van der Waals surface area contributed by atoms with Crippen molar-refractivity contribution in [2.24, 2.45) is 0 Å². The Labute approximate surface area is 178 Å². The van der Waals surface area contributed by atoms with E-state index in [1.54, 1.807) is 0 Å². The van der Waals surface area contributed by atoms with Crippen LogP contribution in [-0.2, 0) is 4.79 Å². The maximum atomic E-state index is 10.6. The molecule has 0 spiro atoms. The molecule has 0 aromatic heterocycles. The molecule has 1 N–H and O–H groups in total. The number of ether oxygens (including phenoxy) is 1. The average molecular weight is 364 g/mol. The Morgan fingerprint density at radius 2 is 1.58 bits per heavy atom. The number of aliphatic carboxylic acids is 1. The SMILES string of the molecule is O=C(O)CCCN1CCN(c2ccc(Oc3ccccc3)cc2)CC1.[H-].[Na+]. The molecule has 0 bridgehead atoms. The number of hydrogen-bond acceptors (Lipinski definition) is 4. The molecule has 5 nitrogen and oxygen atoms in total. The fraction of sp³-hybridized carbons (Fsp3) is 0.350. The topological polar surface area (TPSA) is 53.0 Å². The molecule has 2 aromatic carbocycles. The van der Waals surface area contributed by atoms with Crippen molar-refractivity contribution in [2.75, 3.05) is 37.6 Å². The summed E-state index contributed by atoms with van der Waals surface area (Å²) in [6.07, 6.45) is 0.976. The van der Waals surface area contributed by atoms with Crippen molar-refractivity contribution < 1.29 is 45.6 Å². The van der Waals surface area contributed by atoms with E-state index in [0.717, 1.165) is 50.6 Å². The summed E-state index contributed by atoms with van der Waals surface area (Å²) >= 11 is 0. The van der Waals surface area contributed by atoms with Gasteiger partial charge < -0.3 is 16.2 Å². The molecule has 134 valence electrons. The van der Waals surface area contributed by atoms with Crippen LogP contribution in [0.15, 0.2) is 54.6 Å². The zero-order chi connectivity index (χ0) is 17.5. The van der Waals surface area contributed by atoms with Gasteiger partial charge in [0.25, 0.3) is 0 Å². The van der Waals surface area contributed by atoms with E-state index >= 15 is 0 Å². The fourth-order valence-electron chi connectivity index (χ4n) is 3.03. The van der Waals surface area contributed by atoms with E-state index in [1.807, 2.05) is 42.5 Å². The smallest absolute Gasteiger partial charge is 1.00 e. The van der Waals surface area contributed by atoms with Gasteiger partial charge in [-0.2, -0.15) is 0 Å². The number of carboxylic acid groups (broad SMARTS) is 1. The summed E-state index contributed by atoms with van der Waals surface area (Å²) < 4.78 is 5.83. The molecule has 2 aromatic rings. The third-order valence-electron chi connectivity index (χ3n) is 4.42. The zero-order valence-electron chi connectivity index (χ0n) is 16.3. The third kappa shape index (κ3) is 6.32. The van der Waals surface area contributed by atoms with Crippen LogP contribution >= 0.6 is 0 Å². The van der Waals surface area contributed by atoms with Gasteiger partial charge in [0.05, 0.1) is 0 Å². The molecule has 0 saturated carbocycles. The fourth-order valence-corrected chi connectivity index (χ4v) is 3.03. The number of benzene rings is 2. The van der Waals surface area contributed by atoms with Crippen molar-refractivity contribution in [3.8, 4) is 11.5 Å². The van der Waals surface area contributed by atoms with Crippen LogP contribution in [0, 0.1) is 0 Å². The van der Waals surface area contributed by atoms with Gasteiger partial charge in [0.2, 0.25) is 0 Å². The molecule has 0 radical (unpaired) electrons. The molecule has 0 amide bonds. The van der Waals surface area contributed by atoms with Crippen molar-refractivity contribution in [1.29, 1.82) is 0 Å². The minimum atomic E-state index is -0.712. The van der Waals surface area contributed by atoms with Crippen molar-refractivity contribution >= 4 is 11.7 Å². The third-order valence-corrected chi connectivity index (χ3v) is 4.42. The van der Waals surface area contributed by atoms with Crippen LogP contribution in [0.25, 0.3) is 0 Å². The molecule has 3 rings (SSSR count). The Hall–Kier alpha value is -1.53. The first-order valence-electron chi connectivity index (χ1n) is 8.73. The molecular weight excluding hydrogens is 339 g/mol. The van der Waals surface area contributed by atoms with Crippen molar-refractivity contribution in [3.63, 3.8) is 0 Å². The summed E-state index contributed by atoms with van der Waals surface area (Å²) in [5.74, 6) is 0.962. The Morgan fingerprint density at radius 1 is 0.962 bits per heavy atom. The standard InChI is InChI=1S/C20H24N2O3.Na.H/c23-20(24)7-4-12-21-13-15-22(16-14-21)17-8-10-19(11-9-17)25-18-5-2-1-3-6-18;;/h1-3,5-6,8-11H,4,7,12-16H2,(H,23,24);;/q;+1;-1. The molecule has 0 unspecified atom stereocenters. The zero-order valence-corrected chi connectivity index (χ0v) is 17.3. The minimum Gasteiger partial charge on any atom is -1.00 e. The predicted molar refractivity (Wildman–Crippen MR) is 99.6 cm³/mol. The summed E-state index contributed by atoms with van der Waals surface area (Å²) in [6.45, 7) is 4.74. The summed E-state index contributed by atoms with van der Waals surface area (Å²) in [6, 6.07) is 18.0. The first kappa shape index (κ1) is 20.8. The van der Waals surface area contributed by atoms with Gasteiger partial charge in [0, 0.05) is 38.3 Å². The van der Waals surface area contributed by atoms with Gasteiger partial charge in [-0.05, 0) is 49.4 Å². The van der Waals surface area contributed by atoms with E-state index in [2.05, 4.69) is 21.9 Å².